The Hall–Kier alpha value is -2.18. The van der Waals surface area contributed by atoms with Crippen LogP contribution in [-0.2, 0) is 21.9 Å². The average molecular weight is 463 g/mol. The van der Waals surface area contributed by atoms with Gasteiger partial charge in [0.15, 0.2) is 0 Å². The van der Waals surface area contributed by atoms with Crippen LogP contribution in [0, 0.1) is 0 Å². The van der Waals surface area contributed by atoms with E-state index in [1.165, 1.54) is 11.8 Å². The van der Waals surface area contributed by atoms with Crippen molar-refractivity contribution in [3.8, 4) is 5.75 Å². The van der Waals surface area contributed by atoms with Crippen LogP contribution >= 0.6 is 23.4 Å². The van der Waals surface area contributed by atoms with Gasteiger partial charge in [0, 0.05) is 23.4 Å². The summed E-state index contributed by atoms with van der Waals surface area (Å²) in [7, 11) is 1.61. The minimum Gasteiger partial charge on any atom is -0.497 e. The number of benzene rings is 2. The smallest absolute Gasteiger partial charge is 0.242 e. The van der Waals surface area contributed by atoms with Crippen LogP contribution in [0.3, 0.4) is 0 Å². The molecule has 2 amide bonds. The molecule has 1 N–H and O–H groups in total. The zero-order valence-electron chi connectivity index (χ0n) is 18.6. The van der Waals surface area contributed by atoms with Gasteiger partial charge in [-0.25, -0.2) is 0 Å². The number of carbonyl (C=O) groups excluding carboxylic acids is 2. The number of carbonyl (C=O) groups is 2. The summed E-state index contributed by atoms with van der Waals surface area (Å²) < 4.78 is 5.30. The van der Waals surface area contributed by atoms with Gasteiger partial charge >= 0.3 is 0 Å². The monoisotopic (exact) mass is 462 g/mol. The maximum Gasteiger partial charge on any atom is 0.242 e. The molecule has 5 nitrogen and oxygen atoms in total. The largest absolute Gasteiger partial charge is 0.497 e. The summed E-state index contributed by atoms with van der Waals surface area (Å²) in [6.07, 6.45) is 0.829. The van der Waals surface area contributed by atoms with Gasteiger partial charge in [0.1, 0.15) is 11.8 Å². The van der Waals surface area contributed by atoms with Gasteiger partial charge in [-0.3, -0.25) is 9.59 Å². The van der Waals surface area contributed by atoms with E-state index in [4.69, 9.17) is 16.3 Å². The lowest BCUT2D eigenvalue weighted by Crippen LogP contribution is -2.50. The molecule has 0 unspecified atom stereocenters. The van der Waals surface area contributed by atoms with E-state index in [-0.39, 0.29) is 23.6 Å². The number of halogens is 1. The first-order chi connectivity index (χ1) is 14.8. The van der Waals surface area contributed by atoms with Gasteiger partial charge < -0.3 is 15.0 Å². The molecule has 2 atom stereocenters. The Bertz CT molecular complexity index is 877. The van der Waals surface area contributed by atoms with Crippen molar-refractivity contribution >= 4 is 35.2 Å². The molecule has 2 aromatic carbocycles. The molecule has 7 heteroatoms. The van der Waals surface area contributed by atoms with E-state index in [1.807, 2.05) is 62.4 Å². The zero-order valence-corrected chi connectivity index (χ0v) is 20.1. The van der Waals surface area contributed by atoms with Crippen molar-refractivity contribution in [2.45, 2.75) is 51.6 Å². The van der Waals surface area contributed by atoms with Crippen molar-refractivity contribution in [3.63, 3.8) is 0 Å². The average Bonchev–Trinajstić information content (AvgIpc) is 2.78. The van der Waals surface area contributed by atoms with Crippen molar-refractivity contribution in [2.75, 3.05) is 12.9 Å². The predicted octanol–water partition coefficient (Wildman–Crippen LogP) is 4.91. The van der Waals surface area contributed by atoms with Crippen molar-refractivity contribution in [2.24, 2.45) is 0 Å². The van der Waals surface area contributed by atoms with Gasteiger partial charge in [-0.1, -0.05) is 48.9 Å². The van der Waals surface area contributed by atoms with Crippen molar-refractivity contribution < 1.29 is 14.3 Å². The Kier molecular flexibility index (Phi) is 10.2. The highest BCUT2D eigenvalue weighted by molar-refractivity contribution is 7.99. The van der Waals surface area contributed by atoms with Gasteiger partial charge in [0.2, 0.25) is 11.8 Å². The number of thioether (sulfide) groups is 1. The van der Waals surface area contributed by atoms with Gasteiger partial charge in [-0.2, -0.15) is 0 Å². The van der Waals surface area contributed by atoms with Crippen molar-refractivity contribution in [1.82, 2.24) is 10.2 Å². The SMILES string of the molecule is CC[C@H](C)NC(=O)[C@@H](C)N(Cc1cccc(OC)c1)C(=O)CSCc1ccccc1Cl. The minimum atomic E-state index is -0.589. The van der Waals surface area contributed by atoms with Crippen LogP contribution in [0.15, 0.2) is 48.5 Å². The van der Waals surface area contributed by atoms with Crippen LogP contribution in [-0.4, -0.2) is 41.7 Å². The lowest BCUT2D eigenvalue weighted by Gasteiger charge is -2.29. The molecular formula is C24H31ClN2O3S. The maximum atomic E-state index is 13.1. The van der Waals surface area contributed by atoms with Crippen LogP contribution in [0.4, 0.5) is 0 Å². The Labute approximate surface area is 194 Å². The normalized spacial score (nSPS) is 12.7. The van der Waals surface area contributed by atoms with Crippen LogP contribution in [0.2, 0.25) is 5.02 Å². The van der Waals surface area contributed by atoms with Gasteiger partial charge in [-0.15, -0.1) is 11.8 Å². The summed E-state index contributed by atoms with van der Waals surface area (Å²) >= 11 is 7.71. The fourth-order valence-electron chi connectivity index (χ4n) is 2.96. The molecule has 0 saturated carbocycles. The first-order valence-electron chi connectivity index (χ1n) is 10.4. The Morgan fingerprint density at radius 2 is 1.90 bits per heavy atom. The molecule has 0 aliphatic carbocycles. The molecule has 0 fully saturated rings. The number of ether oxygens (including phenoxy) is 1. The molecular weight excluding hydrogens is 432 g/mol. The molecule has 2 rings (SSSR count). The highest BCUT2D eigenvalue weighted by atomic mass is 35.5. The Morgan fingerprint density at radius 1 is 1.16 bits per heavy atom. The van der Waals surface area contributed by atoms with Gasteiger partial charge in [0.25, 0.3) is 0 Å². The van der Waals surface area contributed by atoms with E-state index in [1.54, 1.807) is 18.9 Å². The summed E-state index contributed by atoms with van der Waals surface area (Å²) in [6, 6.07) is 14.6. The number of amides is 2. The predicted molar refractivity (Wildman–Crippen MR) is 129 cm³/mol. The number of rotatable bonds is 11. The van der Waals surface area contributed by atoms with Crippen LogP contribution < -0.4 is 10.1 Å². The number of nitrogens with zero attached hydrogens (tertiary/aromatic N) is 1. The second kappa shape index (κ2) is 12.6. The molecule has 0 radical (unpaired) electrons. The highest BCUT2D eigenvalue weighted by Crippen LogP contribution is 2.22. The molecule has 31 heavy (non-hydrogen) atoms. The highest BCUT2D eigenvalue weighted by Gasteiger charge is 2.26. The summed E-state index contributed by atoms with van der Waals surface area (Å²) in [5.41, 5.74) is 1.90. The third-order valence-electron chi connectivity index (χ3n) is 5.10. The number of nitrogens with one attached hydrogen (secondary N) is 1. The van der Waals surface area contributed by atoms with Crippen LogP contribution in [0.25, 0.3) is 0 Å². The standard InChI is InChI=1S/C24H31ClN2O3S/c1-5-17(2)26-24(29)18(3)27(14-19-9-8-11-21(13-19)30-4)23(28)16-31-15-20-10-6-7-12-22(20)25/h6-13,17-18H,5,14-16H2,1-4H3,(H,26,29)/t17-,18+/m0/s1. The van der Waals surface area contributed by atoms with E-state index in [0.717, 1.165) is 23.3 Å². The van der Waals surface area contributed by atoms with Crippen molar-refractivity contribution in [3.05, 3.63) is 64.7 Å². The van der Waals surface area contributed by atoms with Crippen LogP contribution in [0.5, 0.6) is 5.75 Å². The Balaban J connectivity index is 2.11. The van der Waals surface area contributed by atoms with E-state index < -0.39 is 6.04 Å². The fourth-order valence-corrected chi connectivity index (χ4v) is 4.16. The van der Waals surface area contributed by atoms with E-state index in [9.17, 15) is 9.59 Å². The number of methoxy groups -OCH3 is 1. The minimum absolute atomic E-state index is 0.0540. The third kappa shape index (κ3) is 7.78. The van der Waals surface area contributed by atoms with Gasteiger partial charge in [0.05, 0.1) is 12.9 Å². The molecule has 0 aliphatic rings. The molecule has 0 aliphatic heterocycles. The first kappa shape index (κ1) is 25.1. The zero-order chi connectivity index (χ0) is 22.8. The summed E-state index contributed by atoms with van der Waals surface area (Å²) in [6.45, 7) is 6.07. The molecule has 0 aromatic heterocycles. The van der Waals surface area contributed by atoms with E-state index >= 15 is 0 Å². The second-order valence-corrected chi connectivity index (χ2v) is 8.84. The fraction of sp³-hybridized carbons (Fsp3) is 0.417. The lowest BCUT2D eigenvalue weighted by molar-refractivity contribution is -0.138. The molecule has 168 valence electrons. The van der Waals surface area contributed by atoms with Gasteiger partial charge in [-0.05, 0) is 49.6 Å². The second-order valence-electron chi connectivity index (χ2n) is 7.45. The molecule has 0 saturated heterocycles. The number of hydrogen-bond donors (Lipinski definition) is 1. The molecule has 0 bridgehead atoms. The van der Waals surface area contributed by atoms with E-state index in [0.29, 0.717) is 17.3 Å². The summed E-state index contributed by atoms with van der Waals surface area (Å²) in [5.74, 6) is 1.37. The molecule has 0 spiro atoms. The van der Waals surface area contributed by atoms with E-state index in [2.05, 4.69) is 5.32 Å². The van der Waals surface area contributed by atoms with Crippen molar-refractivity contribution in [1.29, 1.82) is 0 Å². The lowest BCUT2D eigenvalue weighted by atomic mass is 10.1. The topological polar surface area (TPSA) is 58.6 Å². The summed E-state index contributed by atoms with van der Waals surface area (Å²) in [5, 5.41) is 3.67. The number of hydrogen-bond acceptors (Lipinski definition) is 4. The quantitative estimate of drug-likeness (QED) is 0.515. The summed E-state index contributed by atoms with van der Waals surface area (Å²) in [4.78, 5) is 27.5. The Morgan fingerprint density at radius 3 is 2.58 bits per heavy atom. The van der Waals surface area contributed by atoms with Crippen LogP contribution in [0.1, 0.15) is 38.3 Å². The first-order valence-corrected chi connectivity index (χ1v) is 11.9. The third-order valence-corrected chi connectivity index (χ3v) is 6.43. The molecule has 2 aromatic rings. The molecule has 0 heterocycles. The maximum absolute atomic E-state index is 13.1.